The van der Waals surface area contributed by atoms with E-state index in [0.717, 1.165) is 5.56 Å². The van der Waals surface area contributed by atoms with Crippen LogP contribution in [-0.4, -0.2) is 23.8 Å². The van der Waals surface area contributed by atoms with Crippen molar-refractivity contribution in [1.29, 1.82) is 0 Å². The number of ketones is 1. The molecule has 0 aliphatic rings. The Labute approximate surface area is 117 Å². The van der Waals surface area contributed by atoms with Crippen LogP contribution in [0.4, 0.5) is 5.69 Å². The van der Waals surface area contributed by atoms with E-state index in [4.69, 9.17) is 4.74 Å². The fourth-order valence-corrected chi connectivity index (χ4v) is 1.83. The summed E-state index contributed by atoms with van der Waals surface area (Å²) in [5.74, 6) is -0.366. The molecule has 2 rings (SSSR count). The zero-order valence-corrected chi connectivity index (χ0v) is 11.4. The number of hydrogen-bond acceptors (Lipinski definition) is 3. The zero-order chi connectivity index (χ0) is 14.5. The van der Waals surface area contributed by atoms with Gasteiger partial charge in [-0.3, -0.25) is 9.59 Å². The van der Waals surface area contributed by atoms with E-state index < -0.39 is 0 Å². The topological polar surface area (TPSA) is 71.2 Å². The van der Waals surface area contributed by atoms with Gasteiger partial charge in [0.2, 0.25) is 0 Å². The van der Waals surface area contributed by atoms with Gasteiger partial charge < -0.3 is 15.0 Å². The van der Waals surface area contributed by atoms with Crippen molar-refractivity contribution < 1.29 is 14.3 Å². The largest absolute Gasteiger partial charge is 0.380 e. The summed E-state index contributed by atoms with van der Waals surface area (Å²) in [5.41, 5.74) is 2.50. The molecule has 1 amide bonds. The number of nitrogens with one attached hydrogen (secondary N) is 2. The van der Waals surface area contributed by atoms with Crippen LogP contribution in [0.15, 0.2) is 36.5 Å². The van der Waals surface area contributed by atoms with Crippen molar-refractivity contribution in [1.82, 2.24) is 4.98 Å². The summed E-state index contributed by atoms with van der Waals surface area (Å²) >= 11 is 0. The van der Waals surface area contributed by atoms with E-state index in [1.165, 1.54) is 19.2 Å². The van der Waals surface area contributed by atoms with E-state index in [1.807, 2.05) is 18.2 Å². The Morgan fingerprint density at radius 1 is 1.30 bits per heavy atom. The molecule has 0 unspecified atom stereocenters. The van der Waals surface area contributed by atoms with Gasteiger partial charge in [0.05, 0.1) is 6.61 Å². The van der Waals surface area contributed by atoms with Crippen molar-refractivity contribution in [3.05, 3.63) is 53.3 Å². The Hall–Kier alpha value is -2.40. The number of carbonyl (C=O) groups is 2. The van der Waals surface area contributed by atoms with Crippen molar-refractivity contribution in [3.8, 4) is 0 Å². The molecule has 0 saturated heterocycles. The second kappa shape index (κ2) is 6.16. The molecule has 0 atom stereocenters. The Balaban J connectivity index is 2.10. The monoisotopic (exact) mass is 272 g/mol. The van der Waals surface area contributed by atoms with Gasteiger partial charge in [0.1, 0.15) is 5.69 Å². The van der Waals surface area contributed by atoms with Crippen molar-refractivity contribution in [3.63, 3.8) is 0 Å². The molecule has 5 nitrogen and oxygen atoms in total. The van der Waals surface area contributed by atoms with E-state index in [-0.39, 0.29) is 11.7 Å². The van der Waals surface area contributed by atoms with E-state index in [0.29, 0.717) is 23.6 Å². The first-order chi connectivity index (χ1) is 9.60. The Morgan fingerprint density at radius 2 is 2.10 bits per heavy atom. The van der Waals surface area contributed by atoms with Crippen LogP contribution in [0.5, 0.6) is 0 Å². The minimum atomic E-state index is -0.285. The summed E-state index contributed by atoms with van der Waals surface area (Å²) in [7, 11) is 1.62. The fourth-order valence-electron chi connectivity index (χ4n) is 1.83. The molecule has 5 heteroatoms. The smallest absolute Gasteiger partial charge is 0.272 e. The number of methoxy groups -OCH3 is 1. The highest BCUT2D eigenvalue weighted by Crippen LogP contribution is 2.13. The van der Waals surface area contributed by atoms with E-state index in [1.54, 1.807) is 13.2 Å². The number of anilines is 1. The normalized spacial score (nSPS) is 10.3. The number of amides is 1. The van der Waals surface area contributed by atoms with Gasteiger partial charge >= 0.3 is 0 Å². The molecule has 0 bridgehead atoms. The maximum absolute atomic E-state index is 12.0. The molecule has 2 aromatic rings. The molecule has 1 aromatic heterocycles. The molecular formula is C15H16N2O3. The van der Waals surface area contributed by atoms with Crippen LogP contribution in [0.3, 0.4) is 0 Å². The second-order valence-corrected chi connectivity index (χ2v) is 4.45. The highest BCUT2D eigenvalue weighted by molar-refractivity contribution is 6.05. The molecule has 0 fully saturated rings. The van der Waals surface area contributed by atoms with Crippen LogP contribution < -0.4 is 5.32 Å². The number of H-pyrrole nitrogens is 1. The molecule has 0 saturated carbocycles. The predicted octanol–water partition coefficient (Wildman–Crippen LogP) is 2.62. The van der Waals surface area contributed by atoms with Crippen LogP contribution in [0, 0.1) is 0 Å². The molecule has 2 N–H and O–H groups in total. The van der Waals surface area contributed by atoms with Crippen molar-refractivity contribution in [2.45, 2.75) is 13.5 Å². The predicted molar refractivity (Wildman–Crippen MR) is 75.9 cm³/mol. The fraction of sp³-hybridized carbons (Fsp3) is 0.200. The number of aromatic amines is 1. The number of carbonyl (C=O) groups excluding carboxylic acids is 2. The molecule has 20 heavy (non-hydrogen) atoms. The first-order valence-electron chi connectivity index (χ1n) is 6.18. The Kier molecular flexibility index (Phi) is 4.32. The van der Waals surface area contributed by atoms with Gasteiger partial charge in [0.15, 0.2) is 5.78 Å². The van der Waals surface area contributed by atoms with Crippen molar-refractivity contribution >= 4 is 17.4 Å². The van der Waals surface area contributed by atoms with Gasteiger partial charge in [0, 0.05) is 24.6 Å². The molecule has 0 spiro atoms. The van der Waals surface area contributed by atoms with Crippen LogP contribution in [0.2, 0.25) is 0 Å². The minimum absolute atomic E-state index is 0.0811. The molecule has 1 heterocycles. The van der Waals surface area contributed by atoms with E-state index in [9.17, 15) is 9.59 Å². The number of hydrogen-bond donors (Lipinski definition) is 2. The molecule has 0 aliphatic carbocycles. The SMILES string of the molecule is COCc1cccc(NC(=O)c2cc(C(C)=O)c[nH]2)c1. The highest BCUT2D eigenvalue weighted by atomic mass is 16.5. The summed E-state index contributed by atoms with van der Waals surface area (Å²) in [4.78, 5) is 26.0. The summed E-state index contributed by atoms with van der Waals surface area (Å²) in [6, 6.07) is 8.94. The quantitative estimate of drug-likeness (QED) is 0.822. The third-order valence-corrected chi connectivity index (χ3v) is 2.83. The summed E-state index contributed by atoms with van der Waals surface area (Å²) in [5, 5.41) is 2.77. The maximum atomic E-state index is 12.0. The number of Topliss-reactive ketones (excluding diaryl/α,β-unsaturated/α-hetero) is 1. The molecule has 104 valence electrons. The molecule has 1 aromatic carbocycles. The lowest BCUT2D eigenvalue weighted by Gasteiger charge is -2.06. The third-order valence-electron chi connectivity index (χ3n) is 2.83. The average molecular weight is 272 g/mol. The van der Waals surface area contributed by atoms with Crippen molar-refractivity contribution in [2.75, 3.05) is 12.4 Å². The van der Waals surface area contributed by atoms with Crippen molar-refractivity contribution in [2.24, 2.45) is 0 Å². The molecule has 0 radical (unpaired) electrons. The summed E-state index contributed by atoms with van der Waals surface area (Å²) < 4.78 is 5.05. The Bertz CT molecular complexity index is 632. The van der Waals surface area contributed by atoms with Crippen LogP contribution >= 0.6 is 0 Å². The van der Waals surface area contributed by atoms with Crippen LogP contribution in [0.1, 0.15) is 33.3 Å². The van der Waals surface area contributed by atoms with Gasteiger partial charge in [-0.2, -0.15) is 0 Å². The van der Waals surface area contributed by atoms with Gasteiger partial charge in [-0.05, 0) is 30.7 Å². The van der Waals surface area contributed by atoms with Gasteiger partial charge in [-0.1, -0.05) is 12.1 Å². The summed E-state index contributed by atoms with van der Waals surface area (Å²) in [6.07, 6.45) is 1.53. The molecule has 0 aliphatic heterocycles. The van der Waals surface area contributed by atoms with Gasteiger partial charge in [0.25, 0.3) is 5.91 Å². The third kappa shape index (κ3) is 3.33. The van der Waals surface area contributed by atoms with Gasteiger partial charge in [-0.15, -0.1) is 0 Å². The molecular weight excluding hydrogens is 256 g/mol. The first-order valence-corrected chi connectivity index (χ1v) is 6.18. The van der Waals surface area contributed by atoms with E-state index >= 15 is 0 Å². The van der Waals surface area contributed by atoms with Crippen LogP contribution in [0.25, 0.3) is 0 Å². The maximum Gasteiger partial charge on any atom is 0.272 e. The zero-order valence-electron chi connectivity index (χ0n) is 11.4. The second-order valence-electron chi connectivity index (χ2n) is 4.45. The standard InChI is InChI=1S/C15H16N2O3/c1-10(18)12-7-14(16-8-12)15(19)17-13-5-3-4-11(6-13)9-20-2/h3-8,16H,9H2,1-2H3,(H,17,19). The van der Waals surface area contributed by atoms with Gasteiger partial charge in [-0.25, -0.2) is 0 Å². The highest BCUT2D eigenvalue weighted by Gasteiger charge is 2.11. The van der Waals surface area contributed by atoms with E-state index in [2.05, 4.69) is 10.3 Å². The Morgan fingerprint density at radius 3 is 2.75 bits per heavy atom. The summed E-state index contributed by atoms with van der Waals surface area (Å²) in [6.45, 7) is 1.94. The minimum Gasteiger partial charge on any atom is -0.380 e. The first kappa shape index (κ1) is 14.0. The average Bonchev–Trinajstić information content (AvgIpc) is 2.89. The lowest BCUT2D eigenvalue weighted by atomic mass is 10.2. The lowest BCUT2D eigenvalue weighted by Crippen LogP contribution is -2.12. The number of ether oxygens (including phenoxy) is 1. The lowest BCUT2D eigenvalue weighted by molar-refractivity contribution is 0.101. The number of aromatic nitrogens is 1. The van der Waals surface area contributed by atoms with Crippen LogP contribution in [-0.2, 0) is 11.3 Å². The number of benzene rings is 1. The number of rotatable bonds is 5.